The number of anilines is 2. The molecule has 1 aromatic carbocycles. The van der Waals surface area contributed by atoms with Crippen molar-refractivity contribution in [3.8, 4) is 0 Å². The zero-order valence-corrected chi connectivity index (χ0v) is 11.2. The van der Waals surface area contributed by atoms with E-state index in [2.05, 4.69) is 5.32 Å². The summed E-state index contributed by atoms with van der Waals surface area (Å²) in [6.07, 6.45) is 0.898. The number of nitrogens with one attached hydrogen (secondary N) is 1. The van der Waals surface area contributed by atoms with Gasteiger partial charge < -0.3 is 20.7 Å². The second-order valence-electron chi connectivity index (χ2n) is 4.12. The lowest BCUT2D eigenvalue weighted by atomic mass is 10.1. The average molecular weight is 251 g/mol. The lowest BCUT2D eigenvalue weighted by Crippen LogP contribution is -2.25. The van der Waals surface area contributed by atoms with Crippen LogP contribution in [0.5, 0.6) is 0 Å². The van der Waals surface area contributed by atoms with Crippen LogP contribution < -0.4 is 16.0 Å². The Morgan fingerprint density at radius 2 is 2.22 bits per heavy atom. The summed E-state index contributed by atoms with van der Waals surface area (Å²) in [6, 6.07) is 5.30. The Morgan fingerprint density at radius 1 is 1.50 bits per heavy atom. The molecule has 3 N–H and O–H groups in total. The Hall–Kier alpha value is -1.75. The molecule has 0 aliphatic rings. The molecule has 0 spiro atoms. The summed E-state index contributed by atoms with van der Waals surface area (Å²) in [7, 11) is 5.24. The molecule has 0 aromatic heterocycles. The van der Waals surface area contributed by atoms with Crippen molar-refractivity contribution in [1.29, 1.82) is 0 Å². The van der Waals surface area contributed by atoms with Gasteiger partial charge in [-0.15, -0.1) is 0 Å². The summed E-state index contributed by atoms with van der Waals surface area (Å²) < 4.78 is 5.02. The molecule has 0 bridgehead atoms. The first kappa shape index (κ1) is 14.3. The lowest BCUT2D eigenvalue weighted by Gasteiger charge is -2.22. The maximum absolute atomic E-state index is 11.8. The standard InChI is InChI=1S/C13H21N3O2/c1-15-13(17)11-6-5-10(14)9-12(11)16(2)7-4-8-18-3/h5-6,9H,4,7-8,14H2,1-3H3,(H,15,17). The number of hydrogen-bond acceptors (Lipinski definition) is 4. The van der Waals surface area contributed by atoms with Crippen LogP contribution in [-0.2, 0) is 4.74 Å². The highest BCUT2D eigenvalue weighted by atomic mass is 16.5. The number of nitrogens with zero attached hydrogens (tertiary/aromatic N) is 1. The molecular weight excluding hydrogens is 230 g/mol. The van der Waals surface area contributed by atoms with Gasteiger partial charge in [0, 0.05) is 40.0 Å². The second-order valence-corrected chi connectivity index (χ2v) is 4.12. The van der Waals surface area contributed by atoms with Crippen molar-refractivity contribution < 1.29 is 9.53 Å². The fourth-order valence-corrected chi connectivity index (χ4v) is 1.76. The summed E-state index contributed by atoms with van der Waals surface area (Å²) in [5.41, 5.74) is 7.90. The van der Waals surface area contributed by atoms with Crippen LogP contribution in [0.4, 0.5) is 11.4 Å². The molecule has 0 atom stereocenters. The average Bonchev–Trinajstić information content (AvgIpc) is 2.38. The molecule has 5 nitrogen and oxygen atoms in total. The smallest absolute Gasteiger partial charge is 0.253 e. The highest BCUT2D eigenvalue weighted by Crippen LogP contribution is 2.22. The minimum Gasteiger partial charge on any atom is -0.399 e. The van der Waals surface area contributed by atoms with E-state index >= 15 is 0 Å². The van der Waals surface area contributed by atoms with Crippen LogP contribution in [0, 0.1) is 0 Å². The topological polar surface area (TPSA) is 67.6 Å². The predicted octanol–water partition coefficient (Wildman–Crippen LogP) is 1.10. The van der Waals surface area contributed by atoms with Gasteiger partial charge in [0.05, 0.1) is 11.3 Å². The number of nitrogens with two attached hydrogens (primary N) is 1. The summed E-state index contributed by atoms with van der Waals surface area (Å²) in [4.78, 5) is 13.8. The number of ether oxygens (including phenoxy) is 1. The summed E-state index contributed by atoms with van der Waals surface area (Å²) in [5, 5.41) is 2.63. The van der Waals surface area contributed by atoms with Gasteiger partial charge in [0.2, 0.25) is 0 Å². The Kier molecular flexibility index (Phi) is 5.45. The van der Waals surface area contributed by atoms with Crippen LogP contribution in [-0.4, -0.2) is 40.3 Å². The molecule has 0 saturated heterocycles. The van der Waals surface area contributed by atoms with Gasteiger partial charge in [-0.25, -0.2) is 0 Å². The Labute approximate surface area is 108 Å². The lowest BCUT2D eigenvalue weighted by molar-refractivity contribution is 0.0963. The van der Waals surface area contributed by atoms with E-state index in [1.165, 1.54) is 0 Å². The zero-order valence-electron chi connectivity index (χ0n) is 11.2. The molecular formula is C13H21N3O2. The van der Waals surface area contributed by atoms with Crippen molar-refractivity contribution in [3.05, 3.63) is 23.8 Å². The van der Waals surface area contributed by atoms with E-state index in [-0.39, 0.29) is 5.91 Å². The van der Waals surface area contributed by atoms with Gasteiger partial charge >= 0.3 is 0 Å². The summed E-state index contributed by atoms with van der Waals surface area (Å²) >= 11 is 0. The number of rotatable bonds is 6. The number of nitrogen functional groups attached to an aromatic ring is 1. The van der Waals surface area contributed by atoms with Gasteiger partial charge in [0.15, 0.2) is 0 Å². The number of benzene rings is 1. The third kappa shape index (κ3) is 3.63. The Morgan fingerprint density at radius 3 is 2.83 bits per heavy atom. The summed E-state index contributed by atoms with van der Waals surface area (Å²) in [5.74, 6) is -0.108. The number of amides is 1. The third-order valence-electron chi connectivity index (χ3n) is 2.75. The van der Waals surface area contributed by atoms with Gasteiger partial charge in [-0.2, -0.15) is 0 Å². The Bertz CT molecular complexity index is 407. The van der Waals surface area contributed by atoms with E-state index in [0.29, 0.717) is 17.9 Å². The predicted molar refractivity (Wildman–Crippen MR) is 74.0 cm³/mol. The van der Waals surface area contributed by atoms with Crippen molar-refractivity contribution in [3.63, 3.8) is 0 Å². The van der Waals surface area contributed by atoms with Gasteiger partial charge in [-0.05, 0) is 24.6 Å². The van der Waals surface area contributed by atoms with E-state index in [4.69, 9.17) is 10.5 Å². The van der Waals surface area contributed by atoms with Crippen molar-refractivity contribution in [2.75, 3.05) is 45.0 Å². The minimum absolute atomic E-state index is 0.108. The van der Waals surface area contributed by atoms with Crippen LogP contribution in [0.3, 0.4) is 0 Å². The second kappa shape index (κ2) is 6.86. The van der Waals surface area contributed by atoms with Crippen molar-refractivity contribution >= 4 is 17.3 Å². The molecule has 5 heteroatoms. The SMILES string of the molecule is CNC(=O)c1ccc(N)cc1N(C)CCCOC. The first-order chi connectivity index (χ1) is 8.60. The first-order valence-corrected chi connectivity index (χ1v) is 5.91. The fraction of sp³-hybridized carbons (Fsp3) is 0.462. The van der Waals surface area contributed by atoms with E-state index in [1.807, 2.05) is 18.0 Å². The molecule has 18 heavy (non-hydrogen) atoms. The van der Waals surface area contributed by atoms with Crippen molar-refractivity contribution in [2.45, 2.75) is 6.42 Å². The van der Waals surface area contributed by atoms with Gasteiger partial charge in [-0.3, -0.25) is 4.79 Å². The third-order valence-corrected chi connectivity index (χ3v) is 2.75. The molecule has 0 unspecified atom stereocenters. The molecule has 0 radical (unpaired) electrons. The molecule has 0 heterocycles. The highest BCUT2D eigenvalue weighted by molar-refractivity contribution is 6.00. The zero-order chi connectivity index (χ0) is 13.5. The minimum atomic E-state index is -0.108. The number of methoxy groups -OCH3 is 1. The molecule has 1 amide bonds. The van der Waals surface area contributed by atoms with Gasteiger partial charge in [0.1, 0.15) is 0 Å². The van der Waals surface area contributed by atoms with Crippen LogP contribution in [0.1, 0.15) is 16.8 Å². The maximum atomic E-state index is 11.8. The fourth-order valence-electron chi connectivity index (χ4n) is 1.76. The quantitative estimate of drug-likeness (QED) is 0.587. The largest absolute Gasteiger partial charge is 0.399 e. The summed E-state index contributed by atoms with van der Waals surface area (Å²) in [6.45, 7) is 1.50. The monoisotopic (exact) mass is 251 g/mol. The molecule has 0 fully saturated rings. The molecule has 100 valence electrons. The normalized spacial score (nSPS) is 10.2. The highest BCUT2D eigenvalue weighted by Gasteiger charge is 2.13. The van der Waals surface area contributed by atoms with Crippen molar-refractivity contribution in [2.24, 2.45) is 0 Å². The van der Waals surface area contributed by atoms with E-state index in [9.17, 15) is 4.79 Å². The number of carbonyl (C=O) groups excluding carboxylic acids is 1. The molecule has 1 aromatic rings. The molecule has 0 aliphatic heterocycles. The van der Waals surface area contributed by atoms with Gasteiger partial charge in [-0.1, -0.05) is 0 Å². The maximum Gasteiger partial charge on any atom is 0.253 e. The van der Waals surface area contributed by atoms with E-state index < -0.39 is 0 Å². The van der Waals surface area contributed by atoms with Crippen molar-refractivity contribution in [1.82, 2.24) is 5.32 Å². The van der Waals surface area contributed by atoms with Crippen LogP contribution >= 0.6 is 0 Å². The van der Waals surface area contributed by atoms with Crippen LogP contribution in [0.25, 0.3) is 0 Å². The van der Waals surface area contributed by atoms with Crippen LogP contribution in [0.2, 0.25) is 0 Å². The first-order valence-electron chi connectivity index (χ1n) is 5.91. The molecule has 0 aliphatic carbocycles. The van der Waals surface area contributed by atoms with Gasteiger partial charge in [0.25, 0.3) is 5.91 Å². The molecule has 1 rings (SSSR count). The Balaban J connectivity index is 2.90. The number of hydrogen-bond donors (Lipinski definition) is 2. The number of carbonyl (C=O) groups is 1. The van der Waals surface area contributed by atoms with E-state index in [1.54, 1.807) is 26.3 Å². The van der Waals surface area contributed by atoms with E-state index in [0.717, 1.165) is 18.7 Å². The molecule has 0 saturated carbocycles. The van der Waals surface area contributed by atoms with Crippen LogP contribution in [0.15, 0.2) is 18.2 Å².